The van der Waals surface area contributed by atoms with Crippen LogP contribution in [0.4, 0.5) is 5.69 Å². The molecular weight excluding hydrogens is 262 g/mol. The van der Waals surface area contributed by atoms with Gasteiger partial charge in [0.25, 0.3) is 11.5 Å². The van der Waals surface area contributed by atoms with Crippen LogP contribution in [0.5, 0.6) is 0 Å². The molecule has 0 aromatic carbocycles. The number of amides is 1. The third kappa shape index (κ3) is 5.55. The first-order valence-electron chi connectivity index (χ1n) is 6.41. The van der Waals surface area contributed by atoms with Crippen LogP contribution in [0.15, 0.2) is 23.1 Å². The minimum atomic E-state index is -0.664. The van der Waals surface area contributed by atoms with Crippen LogP contribution < -0.4 is 16.6 Å². The number of carbonyl (C=O) groups excluding carboxylic acids is 2. The van der Waals surface area contributed by atoms with Crippen LogP contribution in [0.25, 0.3) is 0 Å². The zero-order valence-corrected chi connectivity index (χ0v) is 11.4. The highest BCUT2D eigenvalue weighted by Gasteiger charge is 2.09. The smallest absolute Gasteiger partial charge is 0.326 e. The third-order valence-corrected chi connectivity index (χ3v) is 2.52. The summed E-state index contributed by atoms with van der Waals surface area (Å²) in [6, 6.07) is 2.71. The second-order valence-corrected chi connectivity index (χ2v) is 4.29. The van der Waals surface area contributed by atoms with Gasteiger partial charge in [0.05, 0.1) is 0 Å². The Morgan fingerprint density at radius 1 is 1.40 bits per heavy atom. The maximum Gasteiger partial charge on any atom is 0.326 e. The number of nitrogens with two attached hydrogens (primary N) is 1. The second kappa shape index (κ2) is 7.98. The van der Waals surface area contributed by atoms with Gasteiger partial charge in [-0.2, -0.15) is 0 Å². The van der Waals surface area contributed by atoms with Gasteiger partial charge in [-0.1, -0.05) is 13.3 Å². The fourth-order valence-corrected chi connectivity index (χ4v) is 1.46. The number of aromatic nitrogens is 1. The summed E-state index contributed by atoms with van der Waals surface area (Å²) in [5.41, 5.74) is 5.53. The van der Waals surface area contributed by atoms with E-state index in [0.717, 1.165) is 17.4 Å². The van der Waals surface area contributed by atoms with E-state index in [1.807, 2.05) is 6.92 Å². The molecule has 3 N–H and O–H groups in total. The van der Waals surface area contributed by atoms with Gasteiger partial charge >= 0.3 is 5.97 Å². The van der Waals surface area contributed by atoms with Crippen molar-refractivity contribution in [3.05, 3.63) is 28.7 Å². The van der Waals surface area contributed by atoms with Crippen LogP contribution >= 0.6 is 0 Å². The van der Waals surface area contributed by atoms with E-state index < -0.39 is 5.97 Å². The molecule has 1 rings (SSSR count). The fourth-order valence-electron chi connectivity index (χ4n) is 1.46. The maximum absolute atomic E-state index is 11.5. The Morgan fingerprint density at radius 2 is 2.15 bits per heavy atom. The van der Waals surface area contributed by atoms with Gasteiger partial charge in [0.2, 0.25) is 0 Å². The van der Waals surface area contributed by atoms with E-state index in [0.29, 0.717) is 12.2 Å². The summed E-state index contributed by atoms with van der Waals surface area (Å²) < 4.78 is 5.91. The van der Waals surface area contributed by atoms with Crippen molar-refractivity contribution in [2.24, 2.45) is 0 Å². The summed E-state index contributed by atoms with van der Waals surface area (Å²) in [7, 11) is 0. The minimum absolute atomic E-state index is 0.272. The summed E-state index contributed by atoms with van der Waals surface area (Å²) >= 11 is 0. The Bertz CT molecular complexity index is 525. The topological polar surface area (TPSA) is 103 Å². The highest BCUT2D eigenvalue weighted by Crippen LogP contribution is 1.96. The van der Waals surface area contributed by atoms with Crippen molar-refractivity contribution in [3.8, 4) is 0 Å². The molecule has 1 amide bonds. The molecule has 0 aliphatic carbocycles. The first-order valence-corrected chi connectivity index (χ1v) is 6.41. The molecular formula is C13H19N3O4. The fraction of sp³-hybridized carbons (Fsp3) is 0.462. The van der Waals surface area contributed by atoms with Crippen molar-refractivity contribution in [3.63, 3.8) is 0 Å². The lowest BCUT2D eigenvalue weighted by Gasteiger charge is -2.08. The van der Waals surface area contributed by atoms with Crippen molar-refractivity contribution in [2.75, 3.05) is 18.9 Å². The van der Waals surface area contributed by atoms with Gasteiger partial charge < -0.3 is 20.4 Å². The molecule has 0 unspecified atom stereocenters. The molecule has 0 radical (unpaired) electrons. The standard InChI is InChI=1S/C13H19N3O4/c1-2-3-6-15-11(17)9-20-13(19)8-16-7-10(14)4-5-12(16)18/h4-5,7H,2-3,6,8-9,14H2,1H3,(H,15,17). The number of nitrogens with zero attached hydrogens (tertiary/aromatic N) is 1. The number of esters is 1. The van der Waals surface area contributed by atoms with E-state index in [1.165, 1.54) is 18.3 Å². The van der Waals surface area contributed by atoms with E-state index in [1.54, 1.807) is 0 Å². The Labute approximate surface area is 116 Å². The van der Waals surface area contributed by atoms with E-state index in [2.05, 4.69) is 5.32 Å². The number of anilines is 1. The molecule has 0 atom stereocenters. The molecule has 0 aliphatic rings. The molecule has 0 bridgehead atoms. The molecule has 110 valence electrons. The molecule has 0 saturated carbocycles. The molecule has 1 aromatic heterocycles. The average Bonchev–Trinajstić information content (AvgIpc) is 2.41. The van der Waals surface area contributed by atoms with Gasteiger partial charge in [-0.05, 0) is 12.5 Å². The molecule has 7 heteroatoms. The Kier molecular flexibility index (Phi) is 6.28. The van der Waals surface area contributed by atoms with Crippen molar-refractivity contribution in [1.29, 1.82) is 0 Å². The van der Waals surface area contributed by atoms with Crippen LogP contribution in [-0.4, -0.2) is 29.6 Å². The van der Waals surface area contributed by atoms with Gasteiger partial charge in [0, 0.05) is 24.5 Å². The monoisotopic (exact) mass is 281 g/mol. The lowest BCUT2D eigenvalue weighted by atomic mass is 10.3. The van der Waals surface area contributed by atoms with Gasteiger partial charge in [0.1, 0.15) is 6.54 Å². The molecule has 0 spiro atoms. The third-order valence-electron chi connectivity index (χ3n) is 2.52. The largest absolute Gasteiger partial charge is 0.454 e. The van der Waals surface area contributed by atoms with Crippen molar-refractivity contribution >= 4 is 17.6 Å². The molecule has 1 heterocycles. The van der Waals surface area contributed by atoms with Crippen LogP contribution in [0.3, 0.4) is 0 Å². The first kappa shape index (κ1) is 15.7. The Balaban J connectivity index is 2.38. The quantitative estimate of drug-likeness (QED) is 0.536. The molecule has 20 heavy (non-hydrogen) atoms. The highest BCUT2D eigenvalue weighted by molar-refractivity contribution is 5.80. The number of pyridine rings is 1. The van der Waals surface area contributed by atoms with Gasteiger partial charge in [0.15, 0.2) is 6.61 Å². The first-order chi connectivity index (χ1) is 9.52. The van der Waals surface area contributed by atoms with Gasteiger partial charge in [-0.3, -0.25) is 14.4 Å². The predicted octanol–water partition coefficient (Wildman–Crippen LogP) is -0.110. The van der Waals surface area contributed by atoms with Crippen LogP contribution in [0.2, 0.25) is 0 Å². The highest BCUT2D eigenvalue weighted by atomic mass is 16.5. The zero-order chi connectivity index (χ0) is 15.0. The Hall–Kier alpha value is -2.31. The number of carbonyl (C=O) groups is 2. The Morgan fingerprint density at radius 3 is 2.85 bits per heavy atom. The van der Waals surface area contributed by atoms with Crippen molar-refractivity contribution < 1.29 is 14.3 Å². The van der Waals surface area contributed by atoms with E-state index in [-0.39, 0.29) is 24.6 Å². The van der Waals surface area contributed by atoms with E-state index in [4.69, 9.17) is 10.5 Å². The molecule has 0 fully saturated rings. The average molecular weight is 281 g/mol. The summed E-state index contributed by atoms with van der Waals surface area (Å²) in [5.74, 6) is -1.02. The molecule has 7 nitrogen and oxygen atoms in total. The van der Waals surface area contributed by atoms with Crippen LogP contribution in [-0.2, 0) is 20.9 Å². The normalized spacial score (nSPS) is 10.1. The number of unbranched alkanes of at least 4 members (excludes halogenated alkanes) is 1. The number of hydrogen-bond donors (Lipinski definition) is 2. The summed E-state index contributed by atoms with van der Waals surface area (Å²) in [6.07, 6.45) is 3.20. The van der Waals surface area contributed by atoms with Gasteiger partial charge in [-0.25, -0.2) is 0 Å². The summed E-state index contributed by atoms with van der Waals surface area (Å²) in [4.78, 5) is 34.3. The van der Waals surface area contributed by atoms with Crippen molar-refractivity contribution in [2.45, 2.75) is 26.3 Å². The maximum atomic E-state index is 11.5. The SMILES string of the molecule is CCCCNC(=O)COC(=O)Cn1cc(N)ccc1=O. The lowest BCUT2D eigenvalue weighted by molar-refractivity contribution is -0.149. The van der Waals surface area contributed by atoms with Crippen molar-refractivity contribution in [1.82, 2.24) is 9.88 Å². The second-order valence-electron chi connectivity index (χ2n) is 4.29. The minimum Gasteiger partial charge on any atom is -0.454 e. The van der Waals surface area contributed by atoms with E-state index in [9.17, 15) is 14.4 Å². The summed E-state index contributed by atoms with van der Waals surface area (Å²) in [6.45, 7) is 1.95. The van der Waals surface area contributed by atoms with Crippen LogP contribution in [0, 0.1) is 0 Å². The zero-order valence-electron chi connectivity index (χ0n) is 11.4. The summed E-state index contributed by atoms with van der Waals surface area (Å²) in [5, 5.41) is 2.62. The van der Waals surface area contributed by atoms with Gasteiger partial charge in [-0.15, -0.1) is 0 Å². The number of hydrogen-bond acceptors (Lipinski definition) is 5. The number of ether oxygens (including phenoxy) is 1. The molecule has 0 saturated heterocycles. The molecule has 0 aliphatic heterocycles. The lowest BCUT2D eigenvalue weighted by Crippen LogP contribution is -2.31. The number of rotatable bonds is 7. The predicted molar refractivity (Wildman–Crippen MR) is 74.0 cm³/mol. The number of nitrogen functional groups attached to an aromatic ring is 1. The molecule has 1 aromatic rings. The van der Waals surface area contributed by atoms with E-state index >= 15 is 0 Å². The number of nitrogens with one attached hydrogen (secondary N) is 1. The van der Waals surface area contributed by atoms with Crippen LogP contribution in [0.1, 0.15) is 19.8 Å².